The van der Waals surface area contributed by atoms with Crippen LogP contribution < -0.4 is 0 Å². The minimum atomic E-state index is -3.67. The van der Waals surface area contributed by atoms with Gasteiger partial charge >= 0.3 is 0 Å². The second-order valence-corrected chi connectivity index (χ2v) is 6.60. The zero-order chi connectivity index (χ0) is 13.5. The van der Waals surface area contributed by atoms with E-state index in [9.17, 15) is 25.3 Å². The second-order valence-electron chi connectivity index (χ2n) is 2.20. The van der Waals surface area contributed by atoms with Crippen LogP contribution in [0.25, 0.3) is 0 Å². The summed E-state index contributed by atoms with van der Waals surface area (Å²) in [6.45, 7) is 0. The van der Waals surface area contributed by atoms with Gasteiger partial charge in [0, 0.05) is 0 Å². The van der Waals surface area contributed by atoms with Crippen LogP contribution >= 0.6 is 0 Å². The van der Waals surface area contributed by atoms with E-state index in [0.29, 0.717) is 18.8 Å². The van der Waals surface area contributed by atoms with E-state index in [4.69, 9.17) is 13.7 Å². The van der Waals surface area contributed by atoms with Gasteiger partial charge in [-0.25, -0.2) is 0 Å². The Morgan fingerprint density at radius 2 is 0.533 bits per heavy atom. The molecule has 0 saturated carbocycles. The first-order valence-electron chi connectivity index (χ1n) is 2.77. The van der Waals surface area contributed by atoms with E-state index in [1.165, 1.54) is 0 Å². The highest BCUT2D eigenvalue weighted by Crippen LogP contribution is 1.61. The molecule has 0 aromatic heterocycles. The number of hydrogen-bond acceptors (Lipinski definition) is 6. The highest BCUT2D eigenvalue weighted by molar-refractivity contribution is 7.85. The molecule has 0 fully saturated rings. The van der Waals surface area contributed by atoms with Gasteiger partial charge in [-0.3, -0.25) is 13.7 Å². The molecule has 0 atom stereocenters. The summed E-state index contributed by atoms with van der Waals surface area (Å²) in [5.41, 5.74) is 0. The predicted octanol–water partition coefficient (Wildman–Crippen LogP) is -1.49. The van der Waals surface area contributed by atoms with Gasteiger partial charge in [0.15, 0.2) is 0 Å². The molecular formula is C3H12O9S3. The molecule has 96 valence electrons. The molecule has 0 unspecified atom stereocenters. The van der Waals surface area contributed by atoms with Gasteiger partial charge < -0.3 is 0 Å². The van der Waals surface area contributed by atoms with Gasteiger partial charge in [0.1, 0.15) is 0 Å². The van der Waals surface area contributed by atoms with Gasteiger partial charge in [0.25, 0.3) is 30.4 Å². The Morgan fingerprint density at radius 1 is 0.533 bits per heavy atom. The lowest BCUT2D eigenvalue weighted by Crippen LogP contribution is -1.88. The molecule has 0 aromatic carbocycles. The van der Waals surface area contributed by atoms with Crippen molar-refractivity contribution in [2.45, 2.75) is 0 Å². The summed E-state index contributed by atoms with van der Waals surface area (Å²) in [5.74, 6) is 0. The van der Waals surface area contributed by atoms with Crippen molar-refractivity contribution in [3.05, 3.63) is 0 Å². The number of rotatable bonds is 0. The van der Waals surface area contributed by atoms with Crippen molar-refractivity contribution in [3.63, 3.8) is 0 Å². The average molecular weight is 288 g/mol. The molecule has 0 aliphatic carbocycles. The van der Waals surface area contributed by atoms with E-state index in [2.05, 4.69) is 0 Å². The normalized spacial score (nSPS) is 11.6. The lowest BCUT2D eigenvalue weighted by molar-refractivity contribution is 0.488. The van der Waals surface area contributed by atoms with E-state index < -0.39 is 30.4 Å². The summed E-state index contributed by atoms with van der Waals surface area (Å²) in [5, 5.41) is 0. The smallest absolute Gasteiger partial charge is 0.261 e. The van der Waals surface area contributed by atoms with Gasteiger partial charge in [-0.15, -0.1) is 0 Å². The molecule has 0 amide bonds. The molecule has 0 aromatic rings. The van der Waals surface area contributed by atoms with Crippen molar-refractivity contribution in [1.82, 2.24) is 0 Å². The maximum atomic E-state index is 9.19. The number of hydrogen-bond donors (Lipinski definition) is 3. The van der Waals surface area contributed by atoms with Crippen LogP contribution in [0.3, 0.4) is 0 Å². The third kappa shape index (κ3) is 25900. The predicted molar refractivity (Wildman–Crippen MR) is 52.4 cm³/mol. The van der Waals surface area contributed by atoms with Crippen LogP contribution in [-0.4, -0.2) is 57.7 Å². The second kappa shape index (κ2) is 7.08. The Kier molecular flexibility index (Phi) is 9.52. The maximum Gasteiger partial charge on any atom is 0.261 e. The largest absolute Gasteiger partial charge is 0.286 e. The summed E-state index contributed by atoms with van der Waals surface area (Å²) < 4.78 is 77.6. The molecule has 3 N–H and O–H groups in total. The summed E-state index contributed by atoms with van der Waals surface area (Å²) in [6.07, 6.45) is 2.15. The van der Waals surface area contributed by atoms with Crippen LogP contribution in [0.15, 0.2) is 0 Å². The van der Waals surface area contributed by atoms with E-state index in [1.807, 2.05) is 0 Å². The third-order valence-electron chi connectivity index (χ3n) is 0. The average Bonchev–Trinajstić information content (AvgIpc) is 1.41. The fourth-order valence-electron chi connectivity index (χ4n) is 0. The minimum absolute atomic E-state index is 0.715. The summed E-state index contributed by atoms with van der Waals surface area (Å²) in [6, 6.07) is 0. The van der Waals surface area contributed by atoms with Crippen molar-refractivity contribution in [1.29, 1.82) is 0 Å². The molecular weight excluding hydrogens is 276 g/mol. The van der Waals surface area contributed by atoms with Gasteiger partial charge in [-0.2, -0.15) is 25.3 Å². The van der Waals surface area contributed by atoms with Gasteiger partial charge in [-0.05, 0) is 0 Å². The van der Waals surface area contributed by atoms with Gasteiger partial charge in [0.2, 0.25) is 0 Å². The van der Waals surface area contributed by atoms with E-state index in [0.717, 1.165) is 0 Å². The molecule has 0 heterocycles. The summed E-state index contributed by atoms with van der Waals surface area (Å²) in [4.78, 5) is 0. The third-order valence-corrected chi connectivity index (χ3v) is 0. The molecule has 0 aliphatic rings. The standard InChI is InChI=1S/3CH4O3S/c3*1-5(2,3)4/h3*1H3,(H,2,3,4). The Morgan fingerprint density at radius 3 is 0.533 bits per heavy atom. The Bertz CT molecular complexity index is 342. The monoisotopic (exact) mass is 288 g/mol. The molecule has 0 aliphatic heterocycles. The van der Waals surface area contributed by atoms with E-state index in [-0.39, 0.29) is 0 Å². The van der Waals surface area contributed by atoms with Crippen LogP contribution in [0.1, 0.15) is 0 Å². The van der Waals surface area contributed by atoms with Crippen LogP contribution in [0.5, 0.6) is 0 Å². The fraction of sp³-hybridized carbons (Fsp3) is 1.00. The van der Waals surface area contributed by atoms with Gasteiger partial charge in [-0.1, -0.05) is 0 Å². The maximum absolute atomic E-state index is 9.19. The Labute approximate surface area is 88.4 Å². The molecule has 0 bridgehead atoms. The first kappa shape index (κ1) is 20.2. The lowest BCUT2D eigenvalue weighted by Gasteiger charge is -1.69. The molecule has 0 saturated heterocycles. The van der Waals surface area contributed by atoms with Gasteiger partial charge in [0.05, 0.1) is 18.8 Å². The highest BCUT2D eigenvalue weighted by atomic mass is 32.2. The minimum Gasteiger partial charge on any atom is -0.286 e. The Balaban J connectivity index is -0.000000144. The summed E-state index contributed by atoms with van der Waals surface area (Å²) >= 11 is 0. The van der Waals surface area contributed by atoms with Crippen LogP contribution in [0, 0.1) is 0 Å². The zero-order valence-corrected chi connectivity index (χ0v) is 10.5. The first-order valence-corrected chi connectivity index (χ1v) is 8.32. The topological polar surface area (TPSA) is 163 Å². The lowest BCUT2D eigenvalue weighted by atomic mass is 12.0. The van der Waals surface area contributed by atoms with Crippen molar-refractivity contribution in [2.24, 2.45) is 0 Å². The molecule has 0 rings (SSSR count). The Hall–Kier alpha value is -0.270. The SMILES string of the molecule is CS(=O)(=O)O.CS(=O)(=O)O.CS(=O)(=O)O. The van der Waals surface area contributed by atoms with Crippen LogP contribution in [0.2, 0.25) is 0 Å². The van der Waals surface area contributed by atoms with Crippen molar-refractivity contribution < 1.29 is 38.9 Å². The van der Waals surface area contributed by atoms with Crippen molar-refractivity contribution in [2.75, 3.05) is 18.8 Å². The highest BCUT2D eigenvalue weighted by Gasteiger charge is 1.82. The van der Waals surface area contributed by atoms with Crippen molar-refractivity contribution in [3.8, 4) is 0 Å². The molecule has 9 nitrogen and oxygen atoms in total. The molecule has 12 heteroatoms. The van der Waals surface area contributed by atoms with Crippen molar-refractivity contribution >= 4 is 30.4 Å². The quantitative estimate of drug-likeness (QED) is 0.450. The van der Waals surface area contributed by atoms with E-state index in [1.54, 1.807) is 0 Å². The summed E-state index contributed by atoms with van der Waals surface area (Å²) in [7, 11) is -11.0. The molecule has 0 radical (unpaired) electrons. The molecule has 0 spiro atoms. The first-order chi connectivity index (χ1) is 6.00. The zero-order valence-electron chi connectivity index (χ0n) is 8.02. The van der Waals surface area contributed by atoms with E-state index >= 15 is 0 Å². The van der Waals surface area contributed by atoms with Crippen LogP contribution in [-0.2, 0) is 30.4 Å². The fourth-order valence-corrected chi connectivity index (χ4v) is 0. The van der Waals surface area contributed by atoms with Crippen LogP contribution in [0.4, 0.5) is 0 Å². The molecule has 15 heavy (non-hydrogen) atoms.